The van der Waals surface area contributed by atoms with Crippen molar-refractivity contribution in [3.63, 3.8) is 0 Å². The molecule has 0 radical (unpaired) electrons. The van der Waals surface area contributed by atoms with Gasteiger partial charge in [-0.25, -0.2) is 4.98 Å². The Morgan fingerprint density at radius 3 is 2.64 bits per heavy atom. The van der Waals surface area contributed by atoms with E-state index in [4.69, 9.17) is 17.3 Å². The van der Waals surface area contributed by atoms with Crippen LogP contribution >= 0.6 is 11.6 Å². The molecule has 1 aromatic heterocycles. The Kier molecular flexibility index (Phi) is 2.05. The van der Waals surface area contributed by atoms with Gasteiger partial charge in [-0.15, -0.1) is 0 Å². The molecule has 1 aliphatic rings. The van der Waals surface area contributed by atoms with Crippen LogP contribution in [0.1, 0.15) is 25.3 Å². The highest BCUT2D eigenvalue weighted by atomic mass is 35.5. The lowest BCUT2D eigenvalue weighted by molar-refractivity contribution is 0.545. The van der Waals surface area contributed by atoms with Gasteiger partial charge < -0.3 is 5.73 Å². The second kappa shape index (κ2) is 2.91. The number of hydrogen-bond donors (Lipinski definition) is 1. The number of aromatic nitrogens is 1. The average molecular weight is 215 g/mol. The molecule has 1 aliphatic carbocycles. The van der Waals surface area contributed by atoms with Gasteiger partial charge in [-0.1, -0.05) is 25.4 Å². The van der Waals surface area contributed by atoms with Gasteiger partial charge in [0.25, 0.3) is 0 Å². The zero-order valence-corrected chi connectivity index (χ0v) is 8.85. The molecule has 0 saturated heterocycles. The van der Waals surface area contributed by atoms with Gasteiger partial charge in [-0.05, 0) is 11.5 Å². The molecule has 2 N–H and O–H groups in total. The maximum absolute atomic E-state index is 13.4. The van der Waals surface area contributed by atoms with Crippen molar-refractivity contribution in [2.24, 2.45) is 11.1 Å². The fourth-order valence-corrected chi connectivity index (χ4v) is 2.09. The molecule has 0 bridgehead atoms. The molecule has 2 atom stereocenters. The molecule has 1 saturated carbocycles. The molecule has 0 spiro atoms. The van der Waals surface area contributed by atoms with Crippen molar-refractivity contribution in [1.82, 2.24) is 4.98 Å². The Morgan fingerprint density at radius 1 is 1.57 bits per heavy atom. The van der Waals surface area contributed by atoms with E-state index in [-0.39, 0.29) is 17.4 Å². The van der Waals surface area contributed by atoms with Crippen molar-refractivity contribution in [3.05, 3.63) is 28.8 Å². The summed E-state index contributed by atoms with van der Waals surface area (Å²) >= 11 is 5.76. The summed E-state index contributed by atoms with van der Waals surface area (Å²) in [4.78, 5) is 3.59. The highest BCUT2D eigenvalue weighted by molar-refractivity contribution is 6.30. The Labute approximate surface area is 87.3 Å². The molecule has 1 heterocycles. The Balaban J connectivity index is 2.39. The predicted molar refractivity (Wildman–Crippen MR) is 53.7 cm³/mol. The van der Waals surface area contributed by atoms with E-state index in [9.17, 15) is 4.39 Å². The molecule has 4 heteroatoms. The van der Waals surface area contributed by atoms with E-state index in [2.05, 4.69) is 4.98 Å². The van der Waals surface area contributed by atoms with E-state index < -0.39 is 5.95 Å². The smallest absolute Gasteiger partial charge is 0.216 e. The molecular weight excluding hydrogens is 203 g/mol. The van der Waals surface area contributed by atoms with Gasteiger partial charge in [0, 0.05) is 23.7 Å². The maximum Gasteiger partial charge on any atom is 0.216 e. The first kappa shape index (κ1) is 9.87. The van der Waals surface area contributed by atoms with Crippen molar-refractivity contribution in [1.29, 1.82) is 0 Å². The molecule has 0 aromatic carbocycles. The standard InChI is InChI=1S/C10H12ClFN2/c1-10(2)7(8(10)13)6-3-5(11)4-14-9(6)12/h3-4,7-8H,13H2,1-2H3. The van der Waals surface area contributed by atoms with Crippen LogP contribution in [-0.4, -0.2) is 11.0 Å². The zero-order valence-electron chi connectivity index (χ0n) is 8.09. The minimum absolute atomic E-state index is 0.00253. The summed E-state index contributed by atoms with van der Waals surface area (Å²) in [6.45, 7) is 4.03. The molecule has 0 amide bonds. The third kappa shape index (κ3) is 1.31. The largest absolute Gasteiger partial charge is 0.327 e. The van der Waals surface area contributed by atoms with Crippen molar-refractivity contribution < 1.29 is 4.39 Å². The second-order valence-electron chi connectivity index (χ2n) is 4.36. The Hall–Kier alpha value is -0.670. The summed E-state index contributed by atoms with van der Waals surface area (Å²) in [5.41, 5.74) is 6.35. The third-order valence-electron chi connectivity index (χ3n) is 3.08. The van der Waals surface area contributed by atoms with Crippen LogP contribution in [0.4, 0.5) is 4.39 Å². The fraction of sp³-hybridized carbons (Fsp3) is 0.500. The van der Waals surface area contributed by atoms with Crippen LogP contribution in [0.5, 0.6) is 0 Å². The third-order valence-corrected chi connectivity index (χ3v) is 3.29. The van der Waals surface area contributed by atoms with Gasteiger partial charge in [0.2, 0.25) is 5.95 Å². The predicted octanol–water partition coefficient (Wildman–Crippen LogP) is 2.32. The molecule has 1 fully saturated rings. The summed E-state index contributed by atoms with van der Waals surface area (Å²) in [5, 5.41) is 0.455. The summed E-state index contributed by atoms with van der Waals surface area (Å²) in [7, 11) is 0. The quantitative estimate of drug-likeness (QED) is 0.729. The van der Waals surface area contributed by atoms with Crippen LogP contribution in [0.2, 0.25) is 5.02 Å². The van der Waals surface area contributed by atoms with Crippen LogP contribution in [0.25, 0.3) is 0 Å². The molecular formula is C10H12ClFN2. The molecule has 2 unspecified atom stereocenters. The molecule has 14 heavy (non-hydrogen) atoms. The van der Waals surface area contributed by atoms with Crippen LogP contribution in [0, 0.1) is 11.4 Å². The topological polar surface area (TPSA) is 38.9 Å². The van der Waals surface area contributed by atoms with Crippen LogP contribution in [0.3, 0.4) is 0 Å². The summed E-state index contributed by atoms with van der Waals surface area (Å²) in [6.07, 6.45) is 1.31. The minimum Gasteiger partial charge on any atom is -0.327 e. The lowest BCUT2D eigenvalue weighted by Gasteiger charge is -2.03. The number of nitrogens with two attached hydrogens (primary N) is 1. The number of halogens is 2. The van der Waals surface area contributed by atoms with Crippen molar-refractivity contribution in [2.75, 3.05) is 0 Å². The molecule has 0 aliphatic heterocycles. The highest BCUT2D eigenvalue weighted by Gasteiger charge is 2.57. The van der Waals surface area contributed by atoms with Crippen LogP contribution < -0.4 is 5.73 Å². The van der Waals surface area contributed by atoms with Gasteiger partial charge in [-0.3, -0.25) is 0 Å². The van der Waals surface area contributed by atoms with Crippen molar-refractivity contribution >= 4 is 11.6 Å². The van der Waals surface area contributed by atoms with Crippen LogP contribution in [0.15, 0.2) is 12.3 Å². The Bertz CT molecular complexity index is 378. The van der Waals surface area contributed by atoms with Gasteiger partial charge in [0.05, 0.1) is 5.02 Å². The number of pyridine rings is 1. The molecule has 2 nitrogen and oxygen atoms in total. The summed E-state index contributed by atoms with van der Waals surface area (Å²) < 4.78 is 13.4. The first-order chi connectivity index (χ1) is 6.44. The second-order valence-corrected chi connectivity index (χ2v) is 4.79. The summed E-state index contributed by atoms with van der Waals surface area (Å²) in [6, 6.07) is 1.61. The van der Waals surface area contributed by atoms with Crippen LogP contribution in [-0.2, 0) is 0 Å². The lowest BCUT2D eigenvalue weighted by Crippen LogP contribution is -2.06. The first-order valence-electron chi connectivity index (χ1n) is 4.51. The normalized spacial score (nSPS) is 28.9. The SMILES string of the molecule is CC1(C)C(N)C1c1cc(Cl)cnc1F. The van der Waals surface area contributed by atoms with Crippen molar-refractivity contribution in [3.8, 4) is 0 Å². The number of hydrogen-bond acceptors (Lipinski definition) is 2. The van der Waals surface area contributed by atoms with E-state index in [1.165, 1.54) is 6.20 Å². The van der Waals surface area contributed by atoms with Gasteiger partial charge in [-0.2, -0.15) is 4.39 Å². The monoisotopic (exact) mass is 214 g/mol. The van der Waals surface area contributed by atoms with Gasteiger partial charge >= 0.3 is 0 Å². The summed E-state index contributed by atoms with van der Waals surface area (Å²) in [5.74, 6) is -0.422. The van der Waals surface area contributed by atoms with E-state index in [1.54, 1.807) is 6.07 Å². The number of nitrogens with zero attached hydrogens (tertiary/aromatic N) is 1. The van der Waals surface area contributed by atoms with Gasteiger partial charge in [0.15, 0.2) is 0 Å². The molecule has 76 valence electrons. The van der Waals surface area contributed by atoms with E-state index in [1.807, 2.05) is 13.8 Å². The van der Waals surface area contributed by atoms with Crippen molar-refractivity contribution in [2.45, 2.75) is 25.8 Å². The number of rotatable bonds is 1. The average Bonchev–Trinajstić information content (AvgIpc) is 2.58. The van der Waals surface area contributed by atoms with Gasteiger partial charge in [0.1, 0.15) is 0 Å². The lowest BCUT2D eigenvalue weighted by atomic mass is 10.0. The van der Waals surface area contributed by atoms with E-state index >= 15 is 0 Å². The molecule has 1 aromatic rings. The highest BCUT2D eigenvalue weighted by Crippen LogP contribution is 2.57. The van der Waals surface area contributed by atoms with E-state index in [0.29, 0.717) is 10.6 Å². The zero-order chi connectivity index (χ0) is 10.5. The molecule has 2 rings (SSSR count). The minimum atomic E-state index is -0.458. The fourth-order valence-electron chi connectivity index (χ4n) is 1.93. The maximum atomic E-state index is 13.4. The Morgan fingerprint density at radius 2 is 2.14 bits per heavy atom. The van der Waals surface area contributed by atoms with E-state index in [0.717, 1.165) is 0 Å². The first-order valence-corrected chi connectivity index (χ1v) is 4.89.